The van der Waals surface area contributed by atoms with E-state index >= 15 is 0 Å². The number of hydrogen-bond donors (Lipinski definition) is 1. The Hall–Kier alpha value is -0.480. The summed E-state index contributed by atoms with van der Waals surface area (Å²) in [6.45, 7) is 3.85. The largest absolute Gasteiger partial charge is 0.313 e. The zero-order chi connectivity index (χ0) is 13.7. The minimum atomic E-state index is 0.815. The van der Waals surface area contributed by atoms with Crippen LogP contribution in [-0.4, -0.2) is 6.54 Å². The van der Waals surface area contributed by atoms with Crippen molar-refractivity contribution in [3.8, 4) is 0 Å². The highest BCUT2D eigenvalue weighted by Gasteiger charge is 2.05. The maximum atomic E-state index is 6.31. The van der Waals surface area contributed by atoms with Crippen LogP contribution in [0.2, 0.25) is 5.02 Å². The Morgan fingerprint density at radius 3 is 2.68 bits per heavy atom. The monoisotopic (exact) mass is 355 g/mol. The molecule has 0 amide bonds. The van der Waals surface area contributed by atoms with Crippen molar-refractivity contribution in [2.45, 2.75) is 23.3 Å². The summed E-state index contributed by atoms with van der Waals surface area (Å²) in [7, 11) is 0. The molecule has 0 fully saturated rings. The lowest BCUT2D eigenvalue weighted by Crippen LogP contribution is -2.11. The van der Waals surface area contributed by atoms with Crippen molar-refractivity contribution < 1.29 is 0 Å². The molecule has 2 aromatic carbocycles. The summed E-state index contributed by atoms with van der Waals surface area (Å²) in [5, 5.41) is 4.10. The smallest absolute Gasteiger partial charge is 0.0462 e. The molecule has 0 heterocycles. The normalized spacial score (nSPS) is 10.7. The van der Waals surface area contributed by atoms with Gasteiger partial charge in [-0.05, 0) is 52.3 Å². The average molecular weight is 357 g/mol. The first kappa shape index (κ1) is 14.9. The Balaban J connectivity index is 2.14. The van der Waals surface area contributed by atoms with Crippen molar-refractivity contribution in [2.75, 3.05) is 6.54 Å². The van der Waals surface area contributed by atoms with Gasteiger partial charge in [-0.2, -0.15) is 0 Å². The molecular weight excluding hydrogens is 342 g/mol. The summed E-state index contributed by atoms with van der Waals surface area (Å²) in [4.78, 5) is 2.34. The molecule has 0 aromatic heterocycles. The highest BCUT2D eigenvalue weighted by molar-refractivity contribution is 9.10. The van der Waals surface area contributed by atoms with Crippen molar-refractivity contribution in [3.63, 3.8) is 0 Å². The second kappa shape index (κ2) is 7.34. The van der Waals surface area contributed by atoms with E-state index in [-0.39, 0.29) is 0 Å². The number of rotatable bonds is 5. The molecule has 1 nitrogen and oxygen atoms in total. The first-order chi connectivity index (χ1) is 9.20. The van der Waals surface area contributed by atoms with Gasteiger partial charge in [-0.3, -0.25) is 0 Å². The van der Waals surface area contributed by atoms with Crippen LogP contribution in [-0.2, 0) is 6.54 Å². The van der Waals surface area contributed by atoms with E-state index in [2.05, 4.69) is 46.4 Å². The Morgan fingerprint density at radius 1 is 1.21 bits per heavy atom. The molecule has 100 valence electrons. The lowest BCUT2D eigenvalue weighted by molar-refractivity contribution is 0.726. The van der Waals surface area contributed by atoms with E-state index in [9.17, 15) is 0 Å². The Morgan fingerprint density at radius 2 is 2.00 bits per heavy atom. The molecule has 0 spiro atoms. The van der Waals surface area contributed by atoms with Gasteiger partial charge in [0, 0.05) is 25.8 Å². The summed E-state index contributed by atoms with van der Waals surface area (Å²) in [6.07, 6.45) is 0. The Labute approximate surface area is 131 Å². The van der Waals surface area contributed by atoms with Crippen LogP contribution in [0.5, 0.6) is 0 Å². The molecule has 0 saturated carbocycles. The van der Waals surface area contributed by atoms with Crippen molar-refractivity contribution in [2.24, 2.45) is 0 Å². The predicted molar refractivity (Wildman–Crippen MR) is 87.1 cm³/mol. The van der Waals surface area contributed by atoms with Crippen molar-refractivity contribution in [1.29, 1.82) is 0 Å². The van der Waals surface area contributed by atoms with Crippen LogP contribution in [0.15, 0.2) is 56.7 Å². The maximum absolute atomic E-state index is 6.31. The molecule has 2 rings (SSSR count). The van der Waals surface area contributed by atoms with E-state index < -0.39 is 0 Å². The van der Waals surface area contributed by atoms with Gasteiger partial charge in [0.15, 0.2) is 0 Å². The molecule has 2 aromatic rings. The first-order valence-electron chi connectivity index (χ1n) is 6.12. The van der Waals surface area contributed by atoms with E-state index in [1.165, 1.54) is 4.90 Å². The van der Waals surface area contributed by atoms with Gasteiger partial charge in [0.2, 0.25) is 0 Å². The van der Waals surface area contributed by atoms with Gasteiger partial charge >= 0.3 is 0 Å². The van der Waals surface area contributed by atoms with E-state index in [1.807, 2.05) is 24.3 Å². The molecule has 0 radical (unpaired) electrons. The summed E-state index contributed by atoms with van der Waals surface area (Å²) in [5.74, 6) is 0. The molecule has 0 saturated heterocycles. The van der Waals surface area contributed by atoms with Gasteiger partial charge in [-0.1, -0.05) is 48.5 Å². The van der Waals surface area contributed by atoms with Gasteiger partial charge in [0.1, 0.15) is 0 Å². The van der Waals surface area contributed by atoms with Crippen LogP contribution in [0.25, 0.3) is 0 Å². The summed E-state index contributed by atoms with van der Waals surface area (Å²) in [5.41, 5.74) is 1.14. The van der Waals surface area contributed by atoms with Gasteiger partial charge in [-0.25, -0.2) is 0 Å². The van der Waals surface area contributed by atoms with Gasteiger partial charge in [-0.15, -0.1) is 0 Å². The third kappa shape index (κ3) is 4.25. The highest BCUT2D eigenvalue weighted by atomic mass is 79.9. The molecule has 19 heavy (non-hydrogen) atoms. The van der Waals surface area contributed by atoms with Crippen molar-refractivity contribution in [1.82, 2.24) is 5.32 Å². The Kier molecular flexibility index (Phi) is 5.76. The Bertz CT molecular complexity index is 560. The lowest BCUT2D eigenvalue weighted by atomic mass is 10.2. The number of benzene rings is 2. The molecule has 0 aliphatic rings. The number of halogens is 2. The van der Waals surface area contributed by atoms with E-state index in [1.54, 1.807) is 11.8 Å². The van der Waals surface area contributed by atoms with E-state index in [4.69, 9.17) is 11.6 Å². The molecule has 0 aliphatic heterocycles. The van der Waals surface area contributed by atoms with Gasteiger partial charge in [0.05, 0.1) is 0 Å². The van der Waals surface area contributed by atoms with Crippen LogP contribution in [0, 0.1) is 0 Å². The van der Waals surface area contributed by atoms with Crippen molar-refractivity contribution in [3.05, 3.63) is 57.5 Å². The van der Waals surface area contributed by atoms with Crippen molar-refractivity contribution >= 4 is 39.3 Å². The zero-order valence-electron chi connectivity index (χ0n) is 10.6. The topological polar surface area (TPSA) is 12.0 Å². The predicted octanol–water partition coefficient (Wildman–Crippen LogP) is 5.36. The van der Waals surface area contributed by atoms with Crippen LogP contribution in [0.3, 0.4) is 0 Å². The van der Waals surface area contributed by atoms with Crippen LogP contribution < -0.4 is 5.32 Å². The molecule has 0 atom stereocenters. The fourth-order valence-corrected chi connectivity index (χ4v) is 3.37. The van der Waals surface area contributed by atoms with Gasteiger partial charge in [0.25, 0.3) is 0 Å². The minimum Gasteiger partial charge on any atom is -0.313 e. The third-order valence-corrected chi connectivity index (χ3v) is 5.03. The minimum absolute atomic E-state index is 0.815. The van der Waals surface area contributed by atoms with E-state index in [0.29, 0.717) is 0 Å². The highest BCUT2D eigenvalue weighted by Crippen LogP contribution is 2.34. The molecule has 0 bridgehead atoms. The maximum Gasteiger partial charge on any atom is 0.0462 e. The molecule has 1 N–H and O–H groups in total. The average Bonchev–Trinajstić information content (AvgIpc) is 2.40. The quantitative estimate of drug-likeness (QED) is 0.773. The number of nitrogens with one attached hydrogen (secondary N) is 1. The molecule has 0 unspecified atom stereocenters. The molecule has 0 aliphatic carbocycles. The number of hydrogen-bond acceptors (Lipinski definition) is 2. The fraction of sp³-hybridized carbons (Fsp3) is 0.200. The second-order valence-corrected chi connectivity index (χ2v) is 6.44. The summed E-state index contributed by atoms with van der Waals surface area (Å²) < 4.78 is 1.10. The van der Waals surface area contributed by atoms with Crippen LogP contribution >= 0.6 is 39.3 Å². The van der Waals surface area contributed by atoms with Crippen LogP contribution in [0.4, 0.5) is 0 Å². The second-order valence-electron chi connectivity index (χ2n) is 4.07. The molecule has 4 heteroatoms. The van der Waals surface area contributed by atoms with Gasteiger partial charge < -0.3 is 5.32 Å². The van der Waals surface area contributed by atoms with E-state index in [0.717, 1.165) is 33.0 Å². The molecular formula is C15H15BrClNS. The standard InChI is InChI=1S/C15H15BrClNS/c1-2-18-10-11-7-8-12(9-14(11)17)19-15-6-4-3-5-13(15)16/h3-9,18H,2,10H2,1H3. The summed E-state index contributed by atoms with van der Waals surface area (Å²) >= 11 is 11.6. The summed E-state index contributed by atoms with van der Waals surface area (Å²) in [6, 6.07) is 14.4. The first-order valence-corrected chi connectivity index (χ1v) is 8.11. The fourth-order valence-electron chi connectivity index (χ4n) is 1.65. The SMILES string of the molecule is CCNCc1ccc(Sc2ccccc2Br)cc1Cl. The third-order valence-electron chi connectivity index (χ3n) is 2.65. The lowest BCUT2D eigenvalue weighted by Gasteiger charge is -2.08. The zero-order valence-corrected chi connectivity index (χ0v) is 13.8. The van der Waals surface area contributed by atoms with Crippen LogP contribution in [0.1, 0.15) is 12.5 Å².